The van der Waals surface area contributed by atoms with Crippen LogP contribution in [0.2, 0.25) is 0 Å². The lowest BCUT2D eigenvalue weighted by molar-refractivity contribution is 0.0697. The van der Waals surface area contributed by atoms with Crippen LogP contribution in [0.25, 0.3) is 0 Å². The molecule has 0 aromatic heterocycles. The number of carboxylic acid groups (broad SMARTS) is 1. The van der Waals surface area contributed by atoms with E-state index >= 15 is 0 Å². The SMILES string of the molecule is O=C(O)c1ccc(OCCCCCCNCC2CCCO2)cc1. The van der Waals surface area contributed by atoms with E-state index in [-0.39, 0.29) is 5.56 Å². The number of carboxylic acids is 1. The Labute approximate surface area is 138 Å². The molecule has 5 nitrogen and oxygen atoms in total. The number of nitrogens with one attached hydrogen (secondary N) is 1. The molecule has 5 heteroatoms. The predicted molar refractivity (Wildman–Crippen MR) is 89.2 cm³/mol. The van der Waals surface area contributed by atoms with Crippen LogP contribution in [0.3, 0.4) is 0 Å². The van der Waals surface area contributed by atoms with E-state index in [1.165, 1.54) is 25.7 Å². The quantitative estimate of drug-likeness (QED) is 0.613. The zero-order valence-corrected chi connectivity index (χ0v) is 13.6. The molecule has 1 unspecified atom stereocenters. The van der Waals surface area contributed by atoms with Crippen LogP contribution in [0.5, 0.6) is 5.75 Å². The number of benzene rings is 1. The van der Waals surface area contributed by atoms with E-state index < -0.39 is 5.97 Å². The molecule has 2 rings (SSSR count). The first-order valence-electron chi connectivity index (χ1n) is 8.54. The molecule has 0 bridgehead atoms. The largest absolute Gasteiger partial charge is 0.494 e. The van der Waals surface area contributed by atoms with Crippen molar-refractivity contribution in [2.75, 3.05) is 26.3 Å². The molecule has 1 saturated heterocycles. The summed E-state index contributed by atoms with van der Waals surface area (Å²) in [6.45, 7) is 3.63. The molecular weight excluding hydrogens is 294 g/mol. The van der Waals surface area contributed by atoms with Gasteiger partial charge in [0.25, 0.3) is 0 Å². The van der Waals surface area contributed by atoms with Gasteiger partial charge in [-0.3, -0.25) is 0 Å². The lowest BCUT2D eigenvalue weighted by Gasteiger charge is -2.10. The van der Waals surface area contributed by atoms with Crippen LogP contribution in [-0.2, 0) is 4.74 Å². The Hall–Kier alpha value is -1.59. The molecule has 0 radical (unpaired) electrons. The second-order valence-electron chi connectivity index (χ2n) is 5.93. The van der Waals surface area contributed by atoms with Crippen molar-refractivity contribution in [3.63, 3.8) is 0 Å². The molecule has 1 aliphatic heterocycles. The fraction of sp³-hybridized carbons (Fsp3) is 0.611. The molecular formula is C18H27NO4. The molecule has 0 spiro atoms. The van der Waals surface area contributed by atoms with Crippen LogP contribution in [0.15, 0.2) is 24.3 Å². The number of hydrogen-bond acceptors (Lipinski definition) is 4. The van der Waals surface area contributed by atoms with E-state index in [9.17, 15) is 4.79 Å². The molecule has 2 N–H and O–H groups in total. The molecule has 1 fully saturated rings. The molecule has 0 aliphatic carbocycles. The summed E-state index contributed by atoms with van der Waals surface area (Å²) in [5, 5.41) is 12.3. The maximum absolute atomic E-state index is 10.7. The van der Waals surface area contributed by atoms with Crippen molar-refractivity contribution in [2.45, 2.75) is 44.6 Å². The fourth-order valence-electron chi connectivity index (χ4n) is 2.66. The summed E-state index contributed by atoms with van der Waals surface area (Å²) < 4.78 is 11.2. The first kappa shape index (κ1) is 17.8. The van der Waals surface area contributed by atoms with Crippen LogP contribution < -0.4 is 10.1 Å². The second-order valence-corrected chi connectivity index (χ2v) is 5.93. The van der Waals surface area contributed by atoms with Crippen LogP contribution in [0, 0.1) is 0 Å². The minimum atomic E-state index is -0.912. The van der Waals surface area contributed by atoms with Gasteiger partial charge in [-0.1, -0.05) is 12.8 Å². The third-order valence-corrected chi connectivity index (χ3v) is 4.01. The summed E-state index contributed by atoms with van der Waals surface area (Å²) in [7, 11) is 0. The highest BCUT2D eigenvalue weighted by atomic mass is 16.5. The average molecular weight is 321 g/mol. The maximum Gasteiger partial charge on any atom is 0.335 e. The lowest BCUT2D eigenvalue weighted by Crippen LogP contribution is -2.26. The van der Waals surface area contributed by atoms with Crippen molar-refractivity contribution in [3.8, 4) is 5.75 Å². The standard InChI is InChI=1S/C18H27NO4/c20-18(21)15-7-9-16(10-8-15)22-12-4-2-1-3-11-19-14-17-6-5-13-23-17/h7-10,17,19H,1-6,11-14H2,(H,20,21). The van der Waals surface area contributed by atoms with Gasteiger partial charge in [-0.2, -0.15) is 0 Å². The number of unbranched alkanes of at least 4 members (excludes halogenated alkanes) is 3. The summed E-state index contributed by atoms with van der Waals surface area (Å²) >= 11 is 0. The summed E-state index contributed by atoms with van der Waals surface area (Å²) in [6.07, 6.45) is 7.36. The predicted octanol–water partition coefficient (Wildman–Crippen LogP) is 3.09. The topological polar surface area (TPSA) is 67.8 Å². The number of rotatable bonds is 11. The van der Waals surface area contributed by atoms with E-state index in [2.05, 4.69) is 5.32 Å². The Bertz CT molecular complexity index is 455. The number of aromatic carboxylic acids is 1. The molecule has 0 amide bonds. The average Bonchev–Trinajstić information content (AvgIpc) is 3.07. The van der Waals surface area contributed by atoms with Crippen LogP contribution in [0.4, 0.5) is 0 Å². The zero-order valence-electron chi connectivity index (χ0n) is 13.6. The van der Waals surface area contributed by atoms with Gasteiger partial charge in [-0.05, 0) is 56.5 Å². The second kappa shape index (κ2) is 10.2. The molecule has 0 saturated carbocycles. The molecule has 1 atom stereocenters. The van der Waals surface area contributed by atoms with Gasteiger partial charge < -0.3 is 19.9 Å². The number of ether oxygens (including phenoxy) is 2. The fourth-order valence-corrected chi connectivity index (χ4v) is 2.66. The van der Waals surface area contributed by atoms with Crippen LogP contribution in [-0.4, -0.2) is 43.5 Å². The summed E-state index contributed by atoms with van der Waals surface area (Å²) in [5.74, 6) is -0.183. The van der Waals surface area contributed by atoms with Gasteiger partial charge in [-0.15, -0.1) is 0 Å². The minimum Gasteiger partial charge on any atom is -0.494 e. The molecule has 23 heavy (non-hydrogen) atoms. The van der Waals surface area contributed by atoms with Crippen molar-refractivity contribution in [1.82, 2.24) is 5.32 Å². The van der Waals surface area contributed by atoms with Crippen molar-refractivity contribution in [1.29, 1.82) is 0 Å². The first-order valence-corrected chi connectivity index (χ1v) is 8.54. The third-order valence-electron chi connectivity index (χ3n) is 4.01. The normalized spacial score (nSPS) is 17.3. The highest BCUT2D eigenvalue weighted by Crippen LogP contribution is 2.13. The van der Waals surface area contributed by atoms with E-state index in [0.717, 1.165) is 38.3 Å². The van der Waals surface area contributed by atoms with Crippen molar-refractivity contribution < 1.29 is 19.4 Å². The van der Waals surface area contributed by atoms with Crippen LogP contribution >= 0.6 is 0 Å². The summed E-state index contributed by atoms with van der Waals surface area (Å²) in [4.78, 5) is 10.7. The lowest BCUT2D eigenvalue weighted by atomic mass is 10.2. The van der Waals surface area contributed by atoms with Gasteiger partial charge >= 0.3 is 5.97 Å². The van der Waals surface area contributed by atoms with Gasteiger partial charge in [0.05, 0.1) is 18.3 Å². The van der Waals surface area contributed by atoms with Gasteiger partial charge in [0.2, 0.25) is 0 Å². The summed E-state index contributed by atoms with van der Waals surface area (Å²) in [6, 6.07) is 6.55. The Morgan fingerprint density at radius 1 is 1.22 bits per heavy atom. The van der Waals surface area contributed by atoms with Crippen molar-refractivity contribution >= 4 is 5.97 Å². The van der Waals surface area contributed by atoms with Crippen molar-refractivity contribution in [3.05, 3.63) is 29.8 Å². The van der Waals surface area contributed by atoms with Crippen LogP contribution in [0.1, 0.15) is 48.9 Å². The molecule has 128 valence electrons. The van der Waals surface area contributed by atoms with Gasteiger partial charge in [0, 0.05) is 13.2 Å². The Morgan fingerprint density at radius 2 is 2.00 bits per heavy atom. The molecule has 1 heterocycles. The zero-order chi connectivity index (χ0) is 16.3. The smallest absolute Gasteiger partial charge is 0.335 e. The van der Waals surface area contributed by atoms with E-state index in [4.69, 9.17) is 14.6 Å². The molecule has 1 aromatic rings. The van der Waals surface area contributed by atoms with Gasteiger partial charge in [-0.25, -0.2) is 4.79 Å². The first-order chi connectivity index (χ1) is 11.3. The van der Waals surface area contributed by atoms with Gasteiger partial charge in [0.15, 0.2) is 0 Å². The Morgan fingerprint density at radius 3 is 2.70 bits per heavy atom. The Balaban J connectivity index is 1.42. The number of carbonyl (C=O) groups is 1. The maximum atomic E-state index is 10.7. The molecule has 1 aromatic carbocycles. The Kier molecular flexibility index (Phi) is 7.90. The highest BCUT2D eigenvalue weighted by Gasteiger charge is 2.13. The van der Waals surface area contributed by atoms with E-state index in [0.29, 0.717) is 12.7 Å². The monoisotopic (exact) mass is 321 g/mol. The van der Waals surface area contributed by atoms with E-state index in [1.54, 1.807) is 24.3 Å². The summed E-state index contributed by atoms with van der Waals surface area (Å²) in [5.41, 5.74) is 0.285. The van der Waals surface area contributed by atoms with Crippen molar-refractivity contribution in [2.24, 2.45) is 0 Å². The highest BCUT2D eigenvalue weighted by molar-refractivity contribution is 5.87. The number of hydrogen-bond donors (Lipinski definition) is 2. The third kappa shape index (κ3) is 7.01. The van der Waals surface area contributed by atoms with Gasteiger partial charge in [0.1, 0.15) is 5.75 Å². The molecule has 1 aliphatic rings. The minimum absolute atomic E-state index is 0.285. The van der Waals surface area contributed by atoms with E-state index in [1.807, 2.05) is 0 Å².